The number of carbonyl (C=O) groups is 1. The number of hydrogen-bond acceptors (Lipinski definition) is 5. The largest absolute Gasteiger partial charge is 0.490 e. The van der Waals surface area contributed by atoms with Crippen LogP contribution in [0.5, 0.6) is 11.5 Å². The number of rotatable bonds is 9. The molecule has 0 amide bonds. The molecule has 0 N–H and O–H groups in total. The number of allylic oxidation sites excluding steroid dienone is 1. The number of cyclic esters (lactones) is 1. The second kappa shape index (κ2) is 10.3. The number of benzene rings is 3. The van der Waals surface area contributed by atoms with Gasteiger partial charge in [0.1, 0.15) is 24.7 Å². The molecule has 0 unspecified atom stereocenters. The number of aliphatic imine (C=N–C) groups is 1. The van der Waals surface area contributed by atoms with Crippen molar-refractivity contribution in [1.29, 1.82) is 0 Å². The summed E-state index contributed by atoms with van der Waals surface area (Å²) >= 11 is 0. The molecular weight excluding hydrogens is 402 g/mol. The average molecular weight is 425 g/mol. The Morgan fingerprint density at radius 2 is 1.50 bits per heavy atom. The van der Waals surface area contributed by atoms with Crippen LogP contribution in [0, 0.1) is 0 Å². The van der Waals surface area contributed by atoms with E-state index in [0.29, 0.717) is 24.9 Å². The van der Waals surface area contributed by atoms with Crippen molar-refractivity contribution in [3.05, 3.63) is 114 Å². The smallest absolute Gasteiger partial charge is 0.363 e. The van der Waals surface area contributed by atoms with E-state index in [1.165, 1.54) is 0 Å². The Balaban J connectivity index is 1.43. The lowest BCUT2D eigenvalue weighted by Crippen LogP contribution is -2.10. The molecule has 1 aliphatic rings. The molecule has 0 fully saturated rings. The molecule has 3 aromatic rings. The van der Waals surface area contributed by atoms with Gasteiger partial charge in [0.05, 0.1) is 0 Å². The fraction of sp³-hybridized carbons (Fsp3) is 0.111. The summed E-state index contributed by atoms with van der Waals surface area (Å²) < 4.78 is 17.1. The van der Waals surface area contributed by atoms with Gasteiger partial charge in [0.25, 0.3) is 0 Å². The first-order chi connectivity index (χ1) is 15.7. The van der Waals surface area contributed by atoms with Gasteiger partial charge in [-0.1, -0.05) is 60.7 Å². The van der Waals surface area contributed by atoms with E-state index >= 15 is 0 Å². The third-order valence-corrected chi connectivity index (χ3v) is 4.79. The minimum Gasteiger partial charge on any atom is -0.490 e. The van der Waals surface area contributed by atoms with Gasteiger partial charge in [0, 0.05) is 11.1 Å². The lowest BCUT2D eigenvalue weighted by molar-refractivity contribution is -0.129. The third kappa shape index (κ3) is 5.13. The quantitative estimate of drug-likeness (QED) is 0.204. The SMILES string of the molecule is C=CCc1ccccc1OCCOc1ccccc1/C=C1\N=C(c2ccccc2)OC1=O. The van der Waals surface area contributed by atoms with E-state index in [9.17, 15) is 4.79 Å². The van der Waals surface area contributed by atoms with Crippen molar-refractivity contribution >= 4 is 17.9 Å². The monoisotopic (exact) mass is 425 g/mol. The standard InChI is InChI=1S/C27H23NO4/c1-2-10-20-11-6-8-15-24(20)30-17-18-31-25-16-9-7-14-22(25)19-23-27(29)32-26(28-23)21-12-4-3-5-13-21/h2-9,11-16,19H,1,10,17-18H2/b23-19-. The Hall–Kier alpha value is -4.12. The Bertz CT molecular complexity index is 1170. The maximum absolute atomic E-state index is 12.3. The van der Waals surface area contributed by atoms with Crippen LogP contribution in [0.2, 0.25) is 0 Å². The molecule has 4 rings (SSSR count). The van der Waals surface area contributed by atoms with E-state index in [0.717, 1.165) is 28.9 Å². The zero-order chi connectivity index (χ0) is 22.2. The molecule has 0 aromatic heterocycles. The summed E-state index contributed by atoms with van der Waals surface area (Å²) in [6.45, 7) is 4.52. The highest BCUT2D eigenvalue weighted by molar-refractivity contribution is 6.12. The molecule has 0 aliphatic carbocycles. The summed E-state index contributed by atoms with van der Waals surface area (Å²) in [4.78, 5) is 16.7. The number of hydrogen-bond donors (Lipinski definition) is 0. The highest BCUT2D eigenvalue weighted by atomic mass is 16.6. The van der Waals surface area contributed by atoms with E-state index in [4.69, 9.17) is 14.2 Å². The van der Waals surface area contributed by atoms with Gasteiger partial charge >= 0.3 is 5.97 Å². The molecule has 32 heavy (non-hydrogen) atoms. The number of ether oxygens (including phenoxy) is 3. The second-order valence-electron chi connectivity index (χ2n) is 7.04. The fourth-order valence-corrected chi connectivity index (χ4v) is 3.26. The summed E-state index contributed by atoms with van der Waals surface area (Å²) in [5.74, 6) is 1.27. The molecule has 160 valence electrons. The molecule has 1 heterocycles. The zero-order valence-electron chi connectivity index (χ0n) is 17.6. The summed E-state index contributed by atoms with van der Waals surface area (Å²) in [6, 6.07) is 24.7. The van der Waals surface area contributed by atoms with Crippen molar-refractivity contribution in [2.45, 2.75) is 6.42 Å². The molecule has 1 aliphatic heterocycles. The summed E-state index contributed by atoms with van der Waals surface area (Å²) in [5, 5.41) is 0. The van der Waals surface area contributed by atoms with Crippen LogP contribution < -0.4 is 9.47 Å². The number of esters is 1. The van der Waals surface area contributed by atoms with Crippen LogP contribution in [0.3, 0.4) is 0 Å². The molecule has 0 radical (unpaired) electrons. The first kappa shape index (κ1) is 21.1. The van der Waals surface area contributed by atoms with Gasteiger partial charge in [-0.3, -0.25) is 0 Å². The van der Waals surface area contributed by atoms with Crippen molar-refractivity contribution in [2.24, 2.45) is 4.99 Å². The Labute approximate surface area is 187 Å². The van der Waals surface area contributed by atoms with Crippen LogP contribution in [0.15, 0.2) is 102 Å². The van der Waals surface area contributed by atoms with Gasteiger partial charge < -0.3 is 14.2 Å². The number of carbonyl (C=O) groups excluding carboxylic acids is 1. The molecule has 5 heteroatoms. The van der Waals surface area contributed by atoms with Gasteiger partial charge in [-0.25, -0.2) is 9.79 Å². The van der Waals surface area contributed by atoms with Crippen LogP contribution in [0.4, 0.5) is 0 Å². The highest BCUT2D eigenvalue weighted by Gasteiger charge is 2.24. The molecule has 0 atom stereocenters. The topological polar surface area (TPSA) is 57.1 Å². The van der Waals surface area contributed by atoms with Crippen LogP contribution in [0.1, 0.15) is 16.7 Å². The van der Waals surface area contributed by atoms with Crippen LogP contribution in [0.25, 0.3) is 6.08 Å². The second-order valence-corrected chi connectivity index (χ2v) is 7.04. The Kier molecular flexibility index (Phi) is 6.78. The van der Waals surface area contributed by atoms with Gasteiger partial charge in [-0.15, -0.1) is 6.58 Å². The van der Waals surface area contributed by atoms with Gasteiger partial charge in [0.2, 0.25) is 5.90 Å². The average Bonchev–Trinajstić information content (AvgIpc) is 3.19. The lowest BCUT2D eigenvalue weighted by atomic mass is 10.1. The van der Waals surface area contributed by atoms with Crippen molar-refractivity contribution in [2.75, 3.05) is 13.2 Å². The minimum atomic E-state index is -0.485. The third-order valence-electron chi connectivity index (χ3n) is 4.79. The molecule has 3 aromatic carbocycles. The maximum Gasteiger partial charge on any atom is 0.363 e. The van der Waals surface area contributed by atoms with Crippen molar-refractivity contribution in [1.82, 2.24) is 0 Å². The first-order valence-corrected chi connectivity index (χ1v) is 10.4. The molecule has 0 saturated heterocycles. The normalized spacial score (nSPS) is 14.1. The fourth-order valence-electron chi connectivity index (χ4n) is 3.26. The van der Waals surface area contributed by atoms with E-state index in [1.807, 2.05) is 84.9 Å². The van der Waals surface area contributed by atoms with Crippen molar-refractivity contribution in [3.8, 4) is 11.5 Å². The molecular formula is C27H23NO4. The molecule has 5 nitrogen and oxygen atoms in total. The van der Waals surface area contributed by atoms with Crippen LogP contribution >= 0.6 is 0 Å². The summed E-state index contributed by atoms with van der Waals surface area (Å²) in [7, 11) is 0. The Morgan fingerprint density at radius 1 is 0.844 bits per heavy atom. The minimum absolute atomic E-state index is 0.231. The summed E-state index contributed by atoms with van der Waals surface area (Å²) in [6.07, 6.45) is 4.27. The van der Waals surface area contributed by atoms with E-state index in [-0.39, 0.29) is 5.70 Å². The first-order valence-electron chi connectivity index (χ1n) is 10.4. The van der Waals surface area contributed by atoms with E-state index in [2.05, 4.69) is 11.6 Å². The van der Waals surface area contributed by atoms with E-state index in [1.54, 1.807) is 6.08 Å². The highest BCUT2D eigenvalue weighted by Crippen LogP contribution is 2.25. The van der Waals surface area contributed by atoms with E-state index < -0.39 is 5.97 Å². The Morgan fingerprint density at radius 3 is 2.28 bits per heavy atom. The lowest BCUT2D eigenvalue weighted by Gasteiger charge is -2.12. The summed E-state index contributed by atoms with van der Waals surface area (Å²) in [5.41, 5.74) is 2.81. The van der Waals surface area contributed by atoms with Crippen molar-refractivity contribution < 1.29 is 19.0 Å². The maximum atomic E-state index is 12.3. The molecule has 0 spiro atoms. The zero-order valence-corrected chi connectivity index (χ0v) is 17.6. The van der Waals surface area contributed by atoms with Gasteiger partial charge in [0.15, 0.2) is 5.70 Å². The predicted molar refractivity (Wildman–Crippen MR) is 125 cm³/mol. The molecule has 0 bridgehead atoms. The van der Waals surface area contributed by atoms with Gasteiger partial charge in [-0.2, -0.15) is 0 Å². The van der Waals surface area contributed by atoms with Crippen LogP contribution in [-0.4, -0.2) is 25.1 Å². The predicted octanol–water partition coefficient (Wildman–Crippen LogP) is 5.22. The van der Waals surface area contributed by atoms with Gasteiger partial charge in [-0.05, 0) is 42.3 Å². The molecule has 0 saturated carbocycles. The number of nitrogens with zero attached hydrogens (tertiary/aromatic N) is 1. The van der Waals surface area contributed by atoms with Crippen LogP contribution in [-0.2, 0) is 16.0 Å². The van der Waals surface area contributed by atoms with Crippen molar-refractivity contribution in [3.63, 3.8) is 0 Å². The number of para-hydroxylation sites is 2.